The number of carbonyl (C=O) groups is 1. The minimum absolute atomic E-state index is 0.0375. The molecule has 6 nitrogen and oxygen atoms in total. The van der Waals surface area contributed by atoms with Gasteiger partial charge in [0.1, 0.15) is 5.75 Å². The molecule has 1 fully saturated rings. The number of ether oxygens (including phenoxy) is 1. The minimum Gasteiger partial charge on any atom is -0.496 e. The molecule has 1 aromatic heterocycles. The Morgan fingerprint density at radius 3 is 2.73 bits per heavy atom. The van der Waals surface area contributed by atoms with E-state index in [2.05, 4.69) is 17.1 Å². The zero-order chi connectivity index (χ0) is 15.5. The van der Waals surface area contributed by atoms with Crippen LogP contribution in [0.25, 0.3) is 11.5 Å². The van der Waals surface area contributed by atoms with Gasteiger partial charge in [-0.05, 0) is 30.9 Å². The Labute approximate surface area is 129 Å². The Balaban J connectivity index is 1.80. The molecule has 116 valence electrons. The lowest BCUT2D eigenvalue weighted by Crippen LogP contribution is -2.38. The van der Waals surface area contributed by atoms with E-state index in [1.54, 1.807) is 12.0 Å². The number of rotatable bonds is 3. The zero-order valence-electron chi connectivity index (χ0n) is 12.8. The van der Waals surface area contributed by atoms with E-state index in [9.17, 15) is 4.79 Å². The molecule has 0 unspecified atom stereocenters. The van der Waals surface area contributed by atoms with Gasteiger partial charge in [0, 0.05) is 13.1 Å². The number of benzene rings is 1. The van der Waals surface area contributed by atoms with E-state index < -0.39 is 0 Å². The van der Waals surface area contributed by atoms with Gasteiger partial charge in [0.2, 0.25) is 0 Å². The number of likely N-dealkylation sites (tertiary alicyclic amines) is 1. The molecule has 1 aliphatic heterocycles. The summed E-state index contributed by atoms with van der Waals surface area (Å²) in [5.41, 5.74) is 0.684. The normalized spacial score (nSPS) is 15.8. The number of methoxy groups -OCH3 is 1. The average molecular weight is 301 g/mol. The third kappa shape index (κ3) is 2.81. The molecule has 0 atom stereocenters. The van der Waals surface area contributed by atoms with Crippen molar-refractivity contribution in [2.45, 2.75) is 19.8 Å². The van der Waals surface area contributed by atoms with Crippen LogP contribution in [-0.4, -0.2) is 41.2 Å². The molecule has 2 aromatic rings. The van der Waals surface area contributed by atoms with Gasteiger partial charge in [-0.25, -0.2) is 0 Å². The van der Waals surface area contributed by atoms with Crippen molar-refractivity contribution in [3.8, 4) is 17.2 Å². The van der Waals surface area contributed by atoms with Crippen molar-refractivity contribution in [3.05, 3.63) is 30.2 Å². The predicted molar refractivity (Wildman–Crippen MR) is 80.6 cm³/mol. The van der Waals surface area contributed by atoms with Gasteiger partial charge in [-0.2, -0.15) is 0 Å². The van der Waals surface area contributed by atoms with E-state index in [0.29, 0.717) is 23.1 Å². The first-order valence-electron chi connectivity index (χ1n) is 7.45. The van der Waals surface area contributed by atoms with E-state index in [4.69, 9.17) is 9.15 Å². The maximum atomic E-state index is 12.4. The quantitative estimate of drug-likeness (QED) is 0.871. The number of hydrogen-bond acceptors (Lipinski definition) is 5. The molecule has 0 saturated carbocycles. The average Bonchev–Trinajstić information content (AvgIpc) is 3.04. The van der Waals surface area contributed by atoms with Crippen molar-refractivity contribution in [2.24, 2.45) is 5.92 Å². The molecule has 1 amide bonds. The van der Waals surface area contributed by atoms with Crippen molar-refractivity contribution in [2.75, 3.05) is 20.2 Å². The van der Waals surface area contributed by atoms with Gasteiger partial charge in [0.15, 0.2) is 0 Å². The smallest absolute Gasteiger partial charge is 0.311 e. The van der Waals surface area contributed by atoms with Crippen molar-refractivity contribution < 1.29 is 13.9 Å². The number of piperidine rings is 1. The van der Waals surface area contributed by atoms with Crippen LogP contribution in [0.4, 0.5) is 0 Å². The summed E-state index contributed by atoms with van der Waals surface area (Å²) in [5, 5.41) is 7.88. The van der Waals surface area contributed by atoms with Gasteiger partial charge in [-0.15, -0.1) is 10.2 Å². The highest BCUT2D eigenvalue weighted by atomic mass is 16.5. The molecule has 0 bridgehead atoms. The highest BCUT2D eigenvalue weighted by molar-refractivity contribution is 5.89. The molecular weight excluding hydrogens is 282 g/mol. The molecule has 3 rings (SSSR count). The Bertz CT molecular complexity index is 660. The summed E-state index contributed by atoms with van der Waals surface area (Å²) in [4.78, 5) is 14.2. The van der Waals surface area contributed by atoms with E-state index in [-0.39, 0.29) is 11.8 Å². The second kappa shape index (κ2) is 6.17. The fourth-order valence-corrected chi connectivity index (χ4v) is 2.59. The van der Waals surface area contributed by atoms with Crippen LogP contribution < -0.4 is 4.74 Å². The van der Waals surface area contributed by atoms with Crippen LogP contribution in [0.15, 0.2) is 28.7 Å². The van der Waals surface area contributed by atoms with Crippen molar-refractivity contribution in [1.29, 1.82) is 0 Å². The standard InChI is InChI=1S/C16H19N3O3/c1-11-7-9-19(10-8-11)16(20)15-18-17-14(22-15)12-5-3-4-6-13(12)21-2/h3-6,11H,7-10H2,1-2H3. The summed E-state index contributed by atoms with van der Waals surface area (Å²) in [6.45, 7) is 3.69. The van der Waals surface area contributed by atoms with E-state index in [0.717, 1.165) is 25.9 Å². The van der Waals surface area contributed by atoms with E-state index >= 15 is 0 Å². The summed E-state index contributed by atoms with van der Waals surface area (Å²) in [5.74, 6) is 1.44. The Morgan fingerprint density at radius 2 is 2.00 bits per heavy atom. The van der Waals surface area contributed by atoms with Crippen LogP contribution in [0.1, 0.15) is 30.5 Å². The van der Waals surface area contributed by atoms with Crippen LogP contribution in [-0.2, 0) is 0 Å². The molecule has 0 aliphatic carbocycles. The first-order chi connectivity index (χ1) is 10.7. The molecule has 1 saturated heterocycles. The van der Waals surface area contributed by atoms with Crippen LogP contribution in [0.5, 0.6) is 5.75 Å². The number of amides is 1. The molecule has 2 heterocycles. The van der Waals surface area contributed by atoms with Crippen LogP contribution in [0.3, 0.4) is 0 Å². The number of para-hydroxylation sites is 1. The summed E-state index contributed by atoms with van der Waals surface area (Å²) in [7, 11) is 1.58. The van der Waals surface area contributed by atoms with E-state index in [1.165, 1.54) is 0 Å². The zero-order valence-corrected chi connectivity index (χ0v) is 12.8. The Kier molecular flexibility index (Phi) is 4.09. The first-order valence-corrected chi connectivity index (χ1v) is 7.45. The lowest BCUT2D eigenvalue weighted by Gasteiger charge is -2.29. The number of hydrogen-bond donors (Lipinski definition) is 0. The second-order valence-corrected chi connectivity index (χ2v) is 5.59. The van der Waals surface area contributed by atoms with Crippen molar-refractivity contribution in [3.63, 3.8) is 0 Å². The predicted octanol–water partition coefficient (Wildman–Crippen LogP) is 2.62. The highest BCUT2D eigenvalue weighted by Gasteiger charge is 2.26. The summed E-state index contributed by atoms with van der Waals surface area (Å²) >= 11 is 0. The number of aromatic nitrogens is 2. The maximum Gasteiger partial charge on any atom is 0.311 e. The lowest BCUT2D eigenvalue weighted by atomic mass is 9.99. The Hall–Kier alpha value is -2.37. The molecule has 6 heteroatoms. The maximum absolute atomic E-state index is 12.4. The molecule has 0 radical (unpaired) electrons. The van der Waals surface area contributed by atoms with Gasteiger partial charge < -0.3 is 14.1 Å². The Morgan fingerprint density at radius 1 is 1.27 bits per heavy atom. The molecule has 22 heavy (non-hydrogen) atoms. The largest absolute Gasteiger partial charge is 0.496 e. The SMILES string of the molecule is COc1ccccc1-c1nnc(C(=O)N2CCC(C)CC2)o1. The third-order valence-electron chi connectivity index (χ3n) is 4.02. The number of nitrogens with zero attached hydrogens (tertiary/aromatic N) is 3. The highest BCUT2D eigenvalue weighted by Crippen LogP contribution is 2.28. The van der Waals surface area contributed by atoms with Gasteiger partial charge in [-0.1, -0.05) is 19.1 Å². The molecule has 1 aromatic carbocycles. The second-order valence-electron chi connectivity index (χ2n) is 5.59. The topological polar surface area (TPSA) is 68.5 Å². The molecular formula is C16H19N3O3. The third-order valence-corrected chi connectivity index (χ3v) is 4.02. The first kappa shape index (κ1) is 14.6. The molecule has 0 spiro atoms. The summed E-state index contributed by atoms with van der Waals surface area (Å²) in [6.07, 6.45) is 2.03. The van der Waals surface area contributed by atoms with Gasteiger partial charge in [-0.3, -0.25) is 4.79 Å². The van der Waals surface area contributed by atoms with E-state index in [1.807, 2.05) is 24.3 Å². The summed E-state index contributed by atoms with van der Waals surface area (Å²) < 4.78 is 10.8. The number of carbonyl (C=O) groups excluding carboxylic acids is 1. The van der Waals surface area contributed by atoms with Gasteiger partial charge in [0.05, 0.1) is 12.7 Å². The molecule has 1 aliphatic rings. The molecule has 0 N–H and O–H groups in total. The summed E-state index contributed by atoms with van der Waals surface area (Å²) in [6, 6.07) is 7.35. The monoisotopic (exact) mass is 301 g/mol. The lowest BCUT2D eigenvalue weighted by molar-refractivity contribution is 0.0657. The fraction of sp³-hybridized carbons (Fsp3) is 0.438. The van der Waals surface area contributed by atoms with Crippen molar-refractivity contribution >= 4 is 5.91 Å². The van der Waals surface area contributed by atoms with Gasteiger partial charge >= 0.3 is 11.8 Å². The van der Waals surface area contributed by atoms with Crippen LogP contribution in [0, 0.1) is 5.92 Å². The van der Waals surface area contributed by atoms with Crippen LogP contribution in [0.2, 0.25) is 0 Å². The van der Waals surface area contributed by atoms with Gasteiger partial charge in [0.25, 0.3) is 5.89 Å². The minimum atomic E-state index is -0.194. The van der Waals surface area contributed by atoms with Crippen molar-refractivity contribution in [1.82, 2.24) is 15.1 Å². The fourth-order valence-electron chi connectivity index (χ4n) is 2.59. The van der Waals surface area contributed by atoms with Crippen LogP contribution >= 0.6 is 0 Å².